The Labute approximate surface area is 168 Å². The summed E-state index contributed by atoms with van der Waals surface area (Å²) < 4.78 is 41.7. The Bertz CT molecular complexity index is 1250. The third-order valence-corrected chi connectivity index (χ3v) is 5.59. The maximum absolute atomic E-state index is 14.1. The van der Waals surface area contributed by atoms with Gasteiger partial charge in [0.15, 0.2) is 0 Å². The monoisotopic (exact) mass is 416 g/mol. The van der Waals surface area contributed by atoms with Crippen LogP contribution in [0.1, 0.15) is 40.4 Å². The third kappa shape index (κ3) is 3.69. The highest BCUT2D eigenvalue weighted by molar-refractivity contribution is 7.92. The lowest BCUT2D eigenvalue weighted by Crippen LogP contribution is -2.22. The number of fused-ring (bicyclic) bond motifs is 1. The van der Waals surface area contributed by atoms with Crippen LogP contribution in [0.4, 0.5) is 10.1 Å². The Kier molecular flexibility index (Phi) is 4.57. The number of carbonyl (C=O) groups is 1. The molecule has 2 aromatic carbocycles. The van der Waals surface area contributed by atoms with Crippen LogP contribution in [-0.2, 0) is 10.0 Å². The van der Waals surface area contributed by atoms with E-state index >= 15 is 0 Å². The number of hydrogen-bond acceptors (Lipinski definition) is 4. The summed E-state index contributed by atoms with van der Waals surface area (Å²) in [6.45, 7) is 1.66. The van der Waals surface area contributed by atoms with Crippen molar-refractivity contribution in [2.75, 3.05) is 18.0 Å². The van der Waals surface area contributed by atoms with Crippen molar-refractivity contribution in [1.82, 2.24) is 15.1 Å². The summed E-state index contributed by atoms with van der Waals surface area (Å²) in [5.41, 5.74) is 2.92. The second-order valence-corrected chi connectivity index (χ2v) is 9.13. The summed E-state index contributed by atoms with van der Waals surface area (Å²) in [7, 11) is -1.96. The van der Waals surface area contributed by atoms with E-state index in [1.807, 2.05) is 6.07 Å². The maximum atomic E-state index is 14.1. The number of halogens is 1. The predicted molar refractivity (Wildman–Crippen MR) is 110 cm³/mol. The van der Waals surface area contributed by atoms with Crippen molar-refractivity contribution in [3.05, 3.63) is 53.0 Å². The molecule has 7 nitrogen and oxygen atoms in total. The van der Waals surface area contributed by atoms with Crippen molar-refractivity contribution < 1.29 is 17.6 Å². The molecule has 1 amide bonds. The molecule has 0 radical (unpaired) electrons. The van der Waals surface area contributed by atoms with E-state index in [4.69, 9.17) is 0 Å². The van der Waals surface area contributed by atoms with Gasteiger partial charge in [0, 0.05) is 12.4 Å². The highest BCUT2D eigenvalue weighted by Gasteiger charge is 2.29. The number of hydrogen-bond donors (Lipinski definition) is 2. The molecule has 3 aromatic rings. The minimum Gasteiger partial charge on any atom is -0.354 e. The number of amides is 1. The average Bonchev–Trinajstić information content (AvgIpc) is 3.42. The molecular weight excluding hydrogens is 395 g/mol. The Balaban J connectivity index is 1.99. The number of anilines is 1. The standard InChI is InChI=1S/C20H21FN4O3S/c1-11-4-7-13(8-16(11)21)25-19(20(26)22-2)15-9-14(12-5-6-12)18(10-17(15)23-25)24-29(3,27)28/h4,7-10,12,24H,5-6H2,1-3H3,(H,22,26). The Morgan fingerprint density at radius 2 is 1.97 bits per heavy atom. The number of carbonyl (C=O) groups excluding carboxylic acids is 1. The number of aromatic nitrogens is 2. The SMILES string of the molecule is CNC(=O)c1c2cc(C3CC3)c(NS(C)(=O)=O)cc2nn1-c1ccc(C)c(F)c1. The molecule has 0 spiro atoms. The molecule has 1 aliphatic carbocycles. The van der Waals surface area contributed by atoms with Crippen LogP contribution >= 0.6 is 0 Å². The van der Waals surface area contributed by atoms with Crippen LogP contribution in [0.2, 0.25) is 0 Å². The van der Waals surface area contributed by atoms with Gasteiger partial charge in [-0.15, -0.1) is 0 Å². The molecule has 4 rings (SSSR count). The van der Waals surface area contributed by atoms with Crippen LogP contribution in [0.25, 0.3) is 16.6 Å². The van der Waals surface area contributed by atoms with E-state index in [9.17, 15) is 17.6 Å². The predicted octanol–water partition coefficient (Wildman–Crippen LogP) is 3.08. The molecular formula is C20H21FN4O3S. The van der Waals surface area contributed by atoms with E-state index in [0.29, 0.717) is 27.8 Å². The highest BCUT2D eigenvalue weighted by atomic mass is 32.2. The number of nitrogens with zero attached hydrogens (tertiary/aromatic N) is 2. The molecule has 0 atom stereocenters. The molecule has 0 unspecified atom stereocenters. The smallest absolute Gasteiger partial charge is 0.270 e. The van der Waals surface area contributed by atoms with Gasteiger partial charge >= 0.3 is 0 Å². The summed E-state index contributed by atoms with van der Waals surface area (Å²) in [6, 6.07) is 8.09. The third-order valence-electron chi connectivity index (χ3n) is 5.00. The molecule has 1 aliphatic rings. The van der Waals surface area contributed by atoms with Crippen LogP contribution in [0, 0.1) is 12.7 Å². The molecule has 1 fully saturated rings. The zero-order chi connectivity index (χ0) is 20.9. The quantitative estimate of drug-likeness (QED) is 0.668. The summed E-state index contributed by atoms with van der Waals surface area (Å²) in [5.74, 6) is -0.525. The Hall–Kier alpha value is -2.94. The summed E-state index contributed by atoms with van der Waals surface area (Å²) in [6.07, 6.45) is 3.00. The van der Waals surface area contributed by atoms with Crippen LogP contribution in [0.5, 0.6) is 0 Å². The van der Waals surface area contributed by atoms with E-state index in [0.717, 1.165) is 24.7 Å². The van der Waals surface area contributed by atoms with Crippen LogP contribution in [0.3, 0.4) is 0 Å². The number of benzene rings is 2. The molecule has 1 heterocycles. The first kappa shape index (κ1) is 19.4. The fourth-order valence-electron chi connectivity index (χ4n) is 3.41. The largest absolute Gasteiger partial charge is 0.354 e. The molecule has 9 heteroatoms. The van der Waals surface area contributed by atoms with Gasteiger partial charge in [0.1, 0.15) is 11.5 Å². The number of nitrogens with one attached hydrogen (secondary N) is 2. The topological polar surface area (TPSA) is 93.1 Å². The van der Waals surface area contributed by atoms with Crippen molar-refractivity contribution in [1.29, 1.82) is 0 Å². The van der Waals surface area contributed by atoms with E-state index in [2.05, 4.69) is 15.1 Å². The van der Waals surface area contributed by atoms with Crippen LogP contribution in [-0.4, -0.2) is 37.4 Å². The summed E-state index contributed by atoms with van der Waals surface area (Å²) in [5, 5.41) is 7.69. The van der Waals surface area contributed by atoms with Gasteiger partial charge in [0.2, 0.25) is 10.0 Å². The lowest BCUT2D eigenvalue weighted by atomic mass is 10.0. The fourth-order valence-corrected chi connectivity index (χ4v) is 3.98. The maximum Gasteiger partial charge on any atom is 0.270 e. The first-order valence-corrected chi connectivity index (χ1v) is 11.1. The van der Waals surface area contributed by atoms with Gasteiger partial charge in [-0.1, -0.05) is 6.07 Å². The second kappa shape index (κ2) is 6.84. The van der Waals surface area contributed by atoms with E-state index in [1.165, 1.54) is 17.8 Å². The van der Waals surface area contributed by atoms with Crippen molar-refractivity contribution >= 4 is 32.5 Å². The number of aryl methyl sites for hydroxylation is 1. The normalized spacial score (nSPS) is 14.2. The summed E-state index contributed by atoms with van der Waals surface area (Å²) in [4.78, 5) is 12.7. The van der Waals surface area contributed by atoms with Gasteiger partial charge in [0.25, 0.3) is 5.91 Å². The molecule has 29 heavy (non-hydrogen) atoms. The van der Waals surface area contributed by atoms with E-state index in [-0.39, 0.29) is 17.5 Å². The van der Waals surface area contributed by atoms with E-state index in [1.54, 1.807) is 25.1 Å². The Morgan fingerprint density at radius 1 is 1.24 bits per heavy atom. The first-order valence-electron chi connectivity index (χ1n) is 9.21. The van der Waals surface area contributed by atoms with Crippen molar-refractivity contribution in [2.45, 2.75) is 25.7 Å². The van der Waals surface area contributed by atoms with Gasteiger partial charge in [-0.25, -0.2) is 17.5 Å². The fraction of sp³-hybridized carbons (Fsp3) is 0.300. The Morgan fingerprint density at radius 3 is 2.55 bits per heavy atom. The zero-order valence-corrected chi connectivity index (χ0v) is 17.1. The van der Waals surface area contributed by atoms with Crippen molar-refractivity contribution in [3.8, 4) is 5.69 Å². The van der Waals surface area contributed by atoms with Gasteiger partial charge in [-0.2, -0.15) is 5.10 Å². The molecule has 1 aromatic heterocycles. The first-order chi connectivity index (χ1) is 13.7. The highest BCUT2D eigenvalue weighted by Crippen LogP contribution is 2.45. The molecule has 1 saturated carbocycles. The number of sulfonamides is 1. The minimum absolute atomic E-state index is 0.237. The zero-order valence-electron chi connectivity index (χ0n) is 16.3. The molecule has 0 saturated heterocycles. The lowest BCUT2D eigenvalue weighted by Gasteiger charge is -2.11. The molecule has 152 valence electrons. The minimum atomic E-state index is -3.47. The van der Waals surface area contributed by atoms with Crippen LogP contribution < -0.4 is 10.0 Å². The van der Waals surface area contributed by atoms with Gasteiger partial charge in [-0.3, -0.25) is 9.52 Å². The summed E-state index contributed by atoms with van der Waals surface area (Å²) >= 11 is 0. The molecule has 0 aliphatic heterocycles. The second-order valence-electron chi connectivity index (χ2n) is 7.38. The number of rotatable bonds is 5. The lowest BCUT2D eigenvalue weighted by molar-refractivity contribution is 0.0957. The van der Waals surface area contributed by atoms with Gasteiger partial charge < -0.3 is 5.32 Å². The van der Waals surface area contributed by atoms with Gasteiger partial charge in [-0.05, 0) is 61.1 Å². The van der Waals surface area contributed by atoms with Crippen molar-refractivity contribution in [3.63, 3.8) is 0 Å². The van der Waals surface area contributed by atoms with Gasteiger partial charge in [0.05, 0.1) is 23.1 Å². The average molecular weight is 416 g/mol. The van der Waals surface area contributed by atoms with Crippen molar-refractivity contribution in [2.24, 2.45) is 0 Å². The van der Waals surface area contributed by atoms with E-state index < -0.39 is 15.8 Å². The van der Waals surface area contributed by atoms with Crippen LogP contribution in [0.15, 0.2) is 30.3 Å². The molecule has 2 N–H and O–H groups in total. The molecule has 0 bridgehead atoms.